The monoisotopic (exact) mass is 182 g/mol. The van der Waals surface area contributed by atoms with Crippen LogP contribution in [0.5, 0.6) is 0 Å². The molecule has 0 saturated carbocycles. The Morgan fingerprint density at radius 3 is 2.85 bits per heavy atom. The molecule has 0 aliphatic carbocycles. The van der Waals surface area contributed by atoms with E-state index in [4.69, 9.17) is 10.3 Å². The first-order valence-electron chi connectivity index (χ1n) is 4.68. The number of hydrogen-bond acceptors (Lipinski definition) is 5. The topological polar surface area (TPSA) is 68.2 Å². The van der Waals surface area contributed by atoms with Gasteiger partial charge in [0.25, 0.3) is 5.95 Å². The molecule has 5 nitrogen and oxygen atoms in total. The second-order valence-corrected chi connectivity index (χ2v) is 3.22. The molecule has 1 aliphatic rings. The molecule has 1 fully saturated rings. The first kappa shape index (κ1) is 8.50. The molecule has 2 N–H and O–H groups in total. The highest BCUT2D eigenvalue weighted by Crippen LogP contribution is 2.15. The summed E-state index contributed by atoms with van der Waals surface area (Å²) in [4.78, 5) is 6.39. The fourth-order valence-electron chi connectivity index (χ4n) is 1.52. The van der Waals surface area contributed by atoms with Crippen molar-refractivity contribution < 1.29 is 4.52 Å². The van der Waals surface area contributed by atoms with E-state index in [1.54, 1.807) is 0 Å². The van der Waals surface area contributed by atoms with E-state index in [1.807, 2.05) is 0 Å². The zero-order valence-corrected chi connectivity index (χ0v) is 7.57. The Balaban J connectivity index is 2.03. The lowest BCUT2D eigenvalue weighted by atomic mass is 10.4. The predicted molar refractivity (Wildman–Crippen MR) is 48.5 cm³/mol. The van der Waals surface area contributed by atoms with E-state index in [0.29, 0.717) is 18.9 Å². The Labute approximate surface area is 76.9 Å². The van der Waals surface area contributed by atoms with Gasteiger partial charge in [-0.15, -0.1) is 0 Å². The Morgan fingerprint density at radius 1 is 1.38 bits per heavy atom. The highest BCUT2D eigenvalue weighted by atomic mass is 16.5. The number of nitrogens with two attached hydrogens (primary N) is 1. The van der Waals surface area contributed by atoms with Gasteiger partial charge in [0, 0.05) is 26.1 Å². The molecule has 0 spiro atoms. The van der Waals surface area contributed by atoms with Crippen molar-refractivity contribution in [3.63, 3.8) is 0 Å². The van der Waals surface area contributed by atoms with Gasteiger partial charge in [-0.1, -0.05) is 0 Å². The molecule has 1 saturated heterocycles. The maximum Gasteiger partial charge on any atom is 0.266 e. The van der Waals surface area contributed by atoms with Gasteiger partial charge in [0.2, 0.25) is 5.89 Å². The maximum atomic E-state index is 5.38. The maximum absolute atomic E-state index is 5.38. The summed E-state index contributed by atoms with van der Waals surface area (Å²) in [6.07, 6.45) is 3.11. The van der Waals surface area contributed by atoms with Crippen LogP contribution in [0.15, 0.2) is 4.52 Å². The van der Waals surface area contributed by atoms with Crippen molar-refractivity contribution in [3.8, 4) is 0 Å². The van der Waals surface area contributed by atoms with Crippen molar-refractivity contribution in [1.29, 1.82) is 0 Å². The summed E-state index contributed by atoms with van der Waals surface area (Å²) in [5, 5.41) is 3.90. The standard InChI is InChI=1S/C8H14N4O/c9-4-3-7-10-8(11-13-7)12-5-1-2-6-12/h1-6,9H2. The lowest BCUT2D eigenvalue weighted by molar-refractivity contribution is 0.379. The van der Waals surface area contributed by atoms with Crippen molar-refractivity contribution in [2.24, 2.45) is 5.73 Å². The molecule has 1 aliphatic heterocycles. The second kappa shape index (κ2) is 3.74. The van der Waals surface area contributed by atoms with Crippen LogP contribution < -0.4 is 10.6 Å². The predicted octanol–water partition coefficient (Wildman–Crippen LogP) is 0.171. The van der Waals surface area contributed by atoms with Crippen LogP contribution in [0.25, 0.3) is 0 Å². The van der Waals surface area contributed by atoms with E-state index < -0.39 is 0 Å². The molecule has 0 radical (unpaired) electrons. The third-order valence-electron chi connectivity index (χ3n) is 2.20. The molecular formula is C8H14N4O. The average Bonchev–Trinajstić information content (AvgIpc) is 2.70. The summed E-state index contributed by atoms with van der Waals surface area (Å²) < 4.78 is 5.03. The van der Waals surface area contributed by atoms with Crippen LogP contribution in [0.1, 0.15) is 18.7 Å². The van der Waals surface area contributed by atoms with Gasteiger partial charge < -0.3 is 15.2 Å². The SMILES string of the molecule is NCCc1nc(N2CCCC2)no1. The van der Waals surface area contributed by atoms with Gasteiger partial charge in [-0.3, -0.25) is 0 Å². The van der Waals surface area contributed by atoms with Crippen LogP contribution in [0, 0.1) is 0 Å². The van der Waals surface area contributed by atoms with Gasteiger partial charge in [0.05, 0.1) is 0 Å². The number of anilines is 1. The van der Waals surface area contributed by atoms with Crippen molar-refractivity contribution >= 4 is 5.95 Å². The van der Waals surface area contributed by atoms with Crippen molar-refractivity contribution in [1.82, 2.24) is 10.1 Å². The van der Waals surface area contributed by atoms with E-state index in [1.165, 1.54) is 12.8 Å². The van der Waals surface area contributed by atoms with Crippen LogP contribution in [0.2, 0.25) is 0 Å². The smallest absolute Gasteiger partial charge is 0.266 e. The molecule has 5 heteroatoms. The minimum atomic E-state index is 0.557. The largest absolute Gasteiger partial charge is 0.338 e. The number of rotatable bonds is 3. The molecule has 2 heterocycles. The van der Waals surface area contributed by atoms with Crippen LogP contribution >= 0.6 is 0 Å². The van der Waals surface area contributed by atoms with E-state index in [2.05, 4.69) is 15.0 Å². The molecule has 0 bridgehead atoms. The van der Waals surface area contributed by atoms with Crippen LogP contribution in [-0.2, 0) is 6.42 Å². The zero-order chi connectivity index (χ0) is 9.10. The highest BCUT2D eigenvalue weighted by Gasteiger charge is 2.17. The van der Waals surface area contributed by atoms with Gasteiger partial charge in [0.1, 0.15) is 0 Å². The highest BCUT2D eigenvalue weighted by molar-refractivity contribution is 5.28. The van der Waals surface area contributed by atoms with Crippen LogP contribution in [0.4, 0.5) is 5.95 Å². The summed E-state index contributed by atoms with van der Waals surface area (Å²) in [5.41, 5.74) is 5.38. The van der Waals surface area contributed by atoms with Crippen molar-refractivity contribution in [2.75, 3.05) is 24.5 Å². The second-order valence-electron chi connectivity index (χ2n) is 3.22. The molecule has 1 aromatic rings. The molecule has 0 unspecified atom stereocenters. The molecule has 0 amide bonds. The molecule has 1 aromatic heterocycles. The van der Waals surface area contributed by atoms with E-state index >= 15 is 0 Å². The van der Waals surface area contributed by atoms with Gasteiger partial charge in [-0.25, -0.2) is 0 Å². The van der Waals surface area contributed by atoms with Crippen molar-refractivity contribution in [3.05, 3.63) is 5.89 Å². The lowest BCUT2D eigenvalue weighted by Gasteiger charge is -2.09. The minimum absolute atomic E-state index is 0.557. The lowest BCUT2D eigenvalue weighted by Crippen LogP contribution is -2.19. The molecule has 72 valence electrons. The number of hydrogen-bond donors (Lipinski definition) is 1. The molecule has 0 aromatic carbocycles. The van der Waals surface area contributed by atoms with Gasteiger partial charge in [-0.2, -0.15) is 4.98 Å². The van der Waals surface area contributed by atoms with Gasteiger partial charge in [0.15, 0.2) is 0 Å². The molecule has 13 heavy (non-hydrogen) atoms. The Kier molecular flexibility index (Phi) is 2.44. The van der Waals surface area contributed by atoms with E-state index in [9.17, 15) is 0 Å². The quantitative estimate of drug-likeness (QED) is 0.721. The zero-order valence-electron chi connectivity index (χ0n) is 7.57. The normalized spacial score (nSPS) is 16.8. The Morgan fingerprint density at radius 2 is 2.15 bits per heavy atom. The summed E-state index contributed by atoms with van der Waals surface area (Å²) in [5.74, 6) is 1.37. The third-order valence-corrected chi connectivity index (χ3v) is 2.20. The number of aromatic nitrogens is 2. The number of nitrogens with zero attached hydrogens (tertiary/aromatic N) is 3. The summed E-state index contributed by atoms with van der Waals surface area (Å²) >= 11 is 0. The van der Waals surface area contributed by atoms with E-state index in [0.717, 1.165) is 19.0 Å². The summed E-state index contributed by atoms with van der Waals surface area (Å²) in [7, 11) is 0. The average molecular weight is 182 g/mol. The summed E-state index contributed by atoms with van der Waals surface area (Å²) in [6, 6.07) is 0. The Bertz CT molecular complexity index is 267. The van der Waals surface area contributed by atoms with Crippen molar-refractivity contribution in [2.45, 2.75) is 19.3 Å². The Hall–Kier alpha value is -1.10. The fraction of sp³-hybridized carbons (Fsp3) is 0.750. The van der Waals surface area contributed by atoms with Crippen LogP contribution in [-0.4, -0.2) is 29.8 Å². The van der Waals surface area contributed by atoms with Gasteiger partial charge in [-0.05, 0) is 18.0 Å². The minimum Gasteiger partial charge on any atom is -0.338 e. The molecule has 2 rings (SSSR count). The van der Waals surface area contributed by atoms with E-state index in [-0.39, 0.29) is 0 Å². The first-order valence-corrected chi connectivity index (χ1v) is 4.68. The first-order chi connectivity index (χ1) is 6.40. The fourth-order valence-corrected chi connectivity index (χ4v) is 1.52. The third kappa shape index (κ3) is 1.80. The molecule has 0 atom stereocenters. The van der Waals surface area contributed by atoms with Crippen LogP contribution in [0.3, 0.4) is 0 Å². The summed E-state index contributed by atoms with van der Waals surface area (Å²) in [6.45, 7) is 2.64. The molecular weight excluding hydrogens is 168 g/mol. The van der Waals surface area contributed by atoms with Gasteiger partial charge >= 0.3 is 0 Å².